The zero-order valence-electron chi connectivity index (χ0n) is 13.3. The van der Waals surface area contributed by atoms with Crippen LogP contribution in [0.25, 0.3) is 0 Å². The van der Waals surface area contributed by atoms with Gasteiger partial charge in [0.25, 0.3) is 5.91 Å². The van der Waals surface area contributed by atoms with Crippen molar-refractivity contribution in [2.24, 2.45) is 0 Å². The maximum Gasteiger partial charge on any atom is 0.258 e. The Morgan fingerprint density at radius 1 is 1.13 bits per heavy atom. The zero-order chi connectivity index (χ0) is 16.7. The summed E-state index contributed by atoms with van der Waals surface area (Å²) in [6, 6.07) is 16.8. The Morgan fingerprint density at radius 2 is 1.78 bits per heavy atom. The van der Waals surface area contributed by atoms with Crippen molar-refractivity contribution >= 4 is 17.5 Å². The van der Waals surface area contributed by atoms with Crippen LogP contribution in [0.5, 0.6) is 5.75 Å². The summed E-state index contributed by atoms with van der Waals surface area (Å²) in [6.45, 7) is 0.690. The third kappa shape index (κ3) is 5.93. The van der Waals surface area contributed by atoms with Crippen molar-refractivity contribution in [3.8, 4) is 5.75 Å². The Kier molecular flexibility index (Phi) is 6.44. The average molecular weight is 333 g/mol. The standard InChI is InChI=1S/C18H21ClN2O2/c1-21(2)12-17(14-6-4-3-5-7-14)20-18(22)13-23-16-10-8-15(19)9-11-16/h3-11,17H,12-13H2,1-2H3,(H,20,22)/t17-/m0/s1. The molecule has 0 aliphatic heterocycles. The van der Waals surface area contributed by atoms with E-state index >= 15 is 0 Å². The molecule has 4 nitrogen and oxygen atoms in total. The Balaban J connectivity index is 1.93. The van der Waals surface area contributed by atoms with Gasteiger partial charge in [-0.05, 0) is 43.9 Å². The van der Waals surface area contributed by atoms with Gasteiger partial charge in [0.1, 0.15) is 5.75 Å². The largest absolute Gasteiger partial charge is 0.484 e. The van der Waals surface area contributed by atoms with Gasteiger partial charge in [0, 0.05) is 11.6 Å². The molecule has 0 unspecified atom stereocenters. The van der Waals surface area contributed by atoms with Gasteiger partial charge in [-0.25, -0.2) is 0 Å². The van der Waals surface area contributed by atoms with Crippen molar-refractivity contribution < 1.29 is 9.53 Å². The molecule has 0 fully saturated rings. The SMILES string of the molecule is CN(C)C[C@H](NC(=O)COc1ccc(Cl)cc1)c1ccccc1. The predicted octanol–water partition coefficient (Wildman–Crippen LogP) is 3.14. The van der Waals surface area contributed by atoms with Crippen molar-refractivity contribution in [3.63, 3.8) is 0 Å². The van der Waals surface area contributed by atoms with Gasteiger partial charge in [-0.1, -0.05) is 41.9 Å². The highest BCUT2D eigenvalue weighted by molar-refractivity contribution is 6.30. The van der Waals surface area contributed by atoms with E-state index in [1.807, 2.05) is 49.3 Å². The molecular formula is C18H21ClN2O2. The van der Waals surface area contributed by atoms with Gasteiger partial charge >= 0.3 is 0 Å². The van der Waals surface area contributed by atoms with E-state index in [4.69, 9.17) is 16.3 Å². The fraction of sp³-hybridized carbons (Fsp3) is 0.278. The Morgan fingerprint density at radius 3 is 2.39 bits per heavy atom. The first kappa shape index (κ1) is 17.3. The molecule has 0 spiro atoms. The van der Waals surface area contributed by atoms with Crippen molar-refractivity contribution in [3.05, 3.63) is 65.2 Å². The minimum atomic E-state index is -0.157. The quantitative estimate of drug-likeness (QED) is 0.847. The summed E-state index contributed by atoms with van der Waals surface area (Å²) in [5.41, 5.74) is 1.07. The van der Waals surface area contributed by atoms with Crippen LogP contribution < -0.4 is 10.1 Å². The number of rotatable bonds is 7. The van der Waals surface area contributed by atoms with E-state index < -0.39 is 0 Å². The molecule has 2 aromatic rings. The Bertz CT molecular complexity index is 615. The normalized spacial score (nSPS) is 12.0. The lowest BCUT2D eigenvalue weighted by Crippen LogP contribution is -2.37. The number of amides is 1. The van der Waals surface area contributed by atoms with Crippen LogP contribution in [0.1, 0.15) is 11.6 Å². The lowest BCUT2D eigenvalue weighted by Gasteiger charge is -2.23. The molecule has 2 aromatic carbocycles. The average Bonchev–Trinajstić information content (AvgIpc) is 2.54. The maximum absolute atomic E-state index is 12.2. The van der Waals surface area contributed by atoms with Gasteiger partial charge < -0.3 is 15.0 Å². The second-order valence-corrected chi connectivity index (χ2v) is 5.97. The Labute approximate surface area is 142 Å². The summed E-state index contributed by atoms with van der Waals surface area (Å²) in [5, 5.41) is 3.65. The lowest BCUT2D eigenvalue weighted by molar-refractivity contribution is -0.124. The van der Waals surface area contributed by atoms with Crippen LogP contribution in [-0.4, -0.2) is 38.1 Å². The monoisotopic (exact) mass is 332 g/mol. The molecular weight excluding hydrogens is 312 g/mol. The first-order valence-electron chi connectivity index (χ1n) is 7.42. The number of carbonyl (C=O) groups excluding carboxylic acids is 1. The van der Waals surface area contributed by atoms with Crippen LogP contribution in [0.4, 0.5) is 0 Å². The molecule has 0 saturated heterocycles. The minimum Gasteiger partial charge on any atom is -0.484 e. The van der Waals surface area contributed by atoms with Gasteiger partial charge in [-0.15, -0.1) is 0 Å². The molecule has 23 heavy (non-hydrogen) atoms. The van der Waals surface area contributed by atoms with E-state index in [1.54, 1.807) is 24.3 Å². The molecule has 0 radical (unpaired) electrons. The minimum absolute atomic E-state index is 0.0294. The van der Waals surface area contributed by atoms with Crippen LogP contribution in [0.3, 0.4) is 0 Å². The number of benzene rings is 2. The topological polar surface area (TPSA) is 41.6 Å². The second-order valence-electron chi connectivity index (χ2n) is 5.54. The Hall–Kier alpha value is -2.04. The predicted molar refractivity (Wildman–Crippen MR) is 92.8 cm³/mol. The van der Waals surface area contributed by atoms with Gasteiger partial charge in [-0.3, -0.25) is 4.79 Å². The van der Waals surface area contributed by atoms with Crippen molar-refractivity contribution in [1.29, 1.82) is 0 Å². The number of ether oxygens (including phenoxy) is 1. The molecule has 122 valence electrons. The first-order valence-corrected chi connectivity index (χ1v) is 7.80. The third-order valence-corrected chi connectivity index (χ3v) is 3.52. The van der Waals surface area contributed by atoms with Gasteiger partial charge in [0.2, 0.25) is 0 Å². The molecule has 1 atom stereocenters. The molecule has 0 aromatic heterocycles. The number of likely N-dealkylation sites (N-methyl/N-ethyl adjacent to an activating group) is 1. The lowest BCUT2D eigenvalue weighted by atomic mass is 10.1. The van der Waals surface area contributed by atoms with E-state index in [0.29, 0.717) is 10.8 Å². The highest BCUT2D eigenvalue weighted by atomic mass is 35.5. The summed E-state index contributed by atoms with van der Waals surface area (Å²) in [7, 11) is 3.96. The number of carbonyl (C=O) groups is 1. The molecule has 0 aliphatic carbocycles. The molecule has 0 bridgehead atoms. The summed E-state index contributed by atoms with van der Waals surface area (Å²) in [6.07, 6.45) is 0. The summed E-state index contributed by atoms with van der Waals surface area (Å²) < 4.78 is 5.48. The smallest absolute Gasteiger partial charge is 0.258 e. The highest BCUT2D eigenvalue weighted by Gasteiger charge is 2.15. The number of nitrogens with zero attached hydrogens (tertiary/aromatic N) is 1. The van der Waals surface area contributed by atoms with Crippen LogP contribution >= 0.6 is 11.6 Å². The fourth-order valence-electron chi connectivity index (χ4n) is 2.20. The van der Waals surface area contributed by atoms with Crippen molar-refractivity contribution in [1.82, 2.24) is 10.2 Å². The summed E-state index contributed by atoms with van der Waals surface area (Å²) in [5.74, 6) is 0.462. The van der Waals surface area contributed by atoms with Crippen LogP contribution in [0.15, 0.2) is 54.6 Å². The summed E-state index contributed by atoms with van der Waals surface area (Å²) >= 11 is 5.82. The number of hydrogen-bond acceptors (Lipinski definition) is 3. The molecule has 2 rings (SSSR count). The van der Waals surface area contributed by atoms with E-state index in [9.17, 15) is 4.79 Å². The van der Waals surface area contributed by atoms with Crippen molar-refractivity contribution in [2.45, 2.75) is 6.04 Å². The summed E-state index contributed by atoms with van der Waals surface area (Å²) in [4.78, 5) is 14.2. The third-order valence-electron chi connectivity index (χ3n) is 3.27. The molecule has 0 aliphatic rings. The molecule has 1 amide bonds. The van der Waals surface area contributed by atoms with E-state index in [-0.39, 0.29) is 18.6 Å². The van der Waals surface area contributed by atoms with E-state index in [2.05, 4.69) is 5.32 Å². The van der Waals surface area contributed by atoms with Crippen LogP contribution in [0.2, 0.25) is 5.02 Å². The molecule has 0 saturated carbocycles. The second kappa shape index (κ2) is 8.56. The zero-order valence-corrected chi connectivity index (χ0v) is 14.1. The highest BCUT2D eigenvalue weighted by Crippen LogP contribution is 2.16. The number of halogens is 1. The van der Waals surface area contributed by atoms with Gasteiger partial charge in [0.15, 0.2) is 6.61 Å². The molecule has 5 heteroatoms. The molecule has 1 N–H and O–H groups in total. The molecule has 0 heterocycles. The fourth-order valence-corrected chi connectivity index (χ4v) is 2.33. The first-order chi connectivity index (χ1) is 11.0. The van der Waals surface area contributed by atoms with Gasteiger partial charge in [-0.2, -0.15) is 0 Å². The van der Waals surface area contributed by atoms with E-state index in [1.165, 1.54) is 0 Å². The van der Waals surface area contributed by atoms with Crippen LogP contribution in [0, 0.1) is 0 Å². The van der Waals surface area contributed by atoms with Gasteiger partial charge in [0.05, 0.1) is 6.04 Å². The van der Waals surface area contributed by atoms with E-state index in [0.717, 1.165) is 12.1 Å². The van der Waals surface area contributed by atoms with Crippen LogP contribution in [-0.2, 0) is 4.79 Å². The maximum atomic E-state index is 12.2. The number of hydrogen-bond donors (Lipinski definition) is 1. The number of nitrogens with one attached hydrogen (secondary N) is 1. The van der Waals surface area contributed by atoms with Crippen molar-refractivity contribution in [2.75, 3.05) is 27.2 Å².